The van der Waals surface area contributed by atoms with Gasteiger partial charge in [-0.3, -0.25) is 0 Å². The van der Waals surface area contributed by atoms with Crippen LogP contribution in [0.4, 0.5) is 11.4 Å². The van der Waals surface area contributed by atoms with E-state index in [0.29, 0.717) is 5.92 Å². The number of rotatable bonds is 3. The van der Waals surface area contributed by atoms with Gasteiger partial charge < -0.3 is 5.32 Å². The number of anilines is 2. The molecular formula is C32H35N. The normalized spacial score (nSPS) is 18.8. The minimum absolute atomic E-state index is 0.0211. The predicted octanol–water partition coefficient (Wildman–Crippen LogP) is 9.13. The predicted molar refractivity (Wildman–Crippen MR) is 143 cm³/mol. The summed E-state index contributed by atoms with van der Waals surface area (Å²) in [5.74, 6) is 0.586. The van der Waals surface area contributed by atoms with Gasteiger partial charge in [-0.15, -0.1) is 0 Å². The minimum Gasteiger partial charge on any atom is -0.356 e. The van der Waals surface area contributed by atoms with E-state index in [4.69, 9.17) is 0 Å². The fourth-order valence-electron chi connectivity index (χ4n) is 5.50. The largest absolute Gasteiger partial charge is 0.356 e. The molecule has 2 aliphatic carbocycles. The van der Waals surface area contributed by atoms with E-state index >= 15 is 0 Å². The first-order valence-corrected chi connectivity index (χ1v) is 12.2. The molecule has 0 amide bonds. The quantitative estimate of drug-likeness (QED) is 0.434. The molecule has 3 aromatic carbocycles. The summed E-state index contributed by atoms with van der Waals surface area (Å²) < 4.78 is 0. The Kier molecular flexibility index (Phi) is 5.12. The molecule has 1 atom stereocenters. The van der Waals surface area contributed by atoms with Crippen LogP contribution < -0.4 is 5.32 Å². The third-order valence-electron chi connectivity index (χ3n) is 7.31. The monoisotopic (exact) mass is 433 g/mol. The molecular weight excluding hydrogens is 398 g/mol. The summed E-state index contributed by atoms with van der Waals surface area (Å²) in [6, 6.07) is 24.6. The lowest BCUT2D eigenvalue weighted by Gasteiger charge is -2.30. The third kappa shape index (κ3) is 3.84. The maximum absolute atomic E-state index is 3.64. The van der Waals surface area contributed by atoms with Crippen LogP contribution in [0.25, 0.3) is 16.7 Å². The minimum atomic E-state index is 0.0211. The molecule has 168 valence electrons. The Morgan fingerprint density at radius 1 is 0.818 bits per heavy atom. The first-order chi connectivity index (χ1) is 15.6. The Bertz CT molecular complexity index is 1260. The van der Waals surface area contributed by atoms with Crippen LogP contribution in [0, 0.1) is 11.3 Å². The van der Waals surface area contributed by atoms with E-state index in [1.807, 2.05) is 0 Å². The average Bonchev–Trinajstić information content (AvgIpc) is 3.00. The first-order valence-electron chi connectivity index (χ1n) is 12.2. The second-order valence-corrected chi connectivity index (χ2v) is 11.3. The highest BCUT2D eigenvalue weighted by Crippen LogP contribution is 2.49. The fraction of sp³-hybridized carbons (Fsp3) is 0.312. The summed E-state index contributed by atoms with van der Waals surface area (Å²) in [5, 5.41) is 3.64. The molecule has 1 unspecified atom stereocenters. The fourth-order valence-corrected chi connectivity index (χ4v) is 5.50. The Balaban J connectivity index is 1.41. The standard InChI is InChI=1S/C32H35N/c1-21-11-18-28(31(2,3)4)27(19-21)22-12-14-23(15-13-22)33-24-16-17-26-25-9-7-8-10-29(25)32(5,6)30(26)20-24/h7-10,12-21,33H,11H2,1-6H3. The van der Waals surface area contributed by atoms with Gasteiger partial charge in [0.1, 0.15) is 0 Å². The summed E-state index contributed by atoms with van der Waals surface area (Å²) in [6.45, 7) is 13.9. The molecule has 0 spiro atoms. The van der Waals surface area contributed by atoms with Gasteiger partial charge in [0.05, 0.1) is 0 Å². The Morgan fingerprint density at radius 2 is 1.48 bits per heavy atom. The van der Waals surface area contributed by atoms with E-state index < -0.39 is 0 Å². The van der Waals surface area contributed by atoms with Crippen LogP contribution in [-0.2, 0) is 5.41 Å². The van der Waals surface area contributed by atoms with E-state index in [-0.39, 0.29) is 10.8 Å². The molecule has 0 aromatic heterocycles. The summed E-state index contributed by atoms with van der Waals surface area (Å²) in [7, 11) is 0. The number of fused-ring (bicyclic) bond motifs is 3. The molecule has 0 aliphatic heterocycles. The first kappa shape index (κ1) is 21.8. The topological polar surface area (TPSA) is 12.0 Å². The Morgan fingerprint density at radius 3 is 2.21 bits per heavy atom. The van der Waals surface area contributed by atoms with Crippen molar-refractivity contribution in [3.8, 4) is 11.1 Å². The van der Waals surface area contributed by atoms with Crippen LogP contribution in [0.1, 0.15) is 64.7 Å². The lowest BCUT2D eigenvalue weighted by Crippen LogP contribution is -2.15. The molecule has 0 heterocycles. The zero-order valence-electron chi connectivity index (χ0n) is 20.8. The van der Waals surface area contributed by atoms with Gasteiger partial charge in [-0.2, -0.15) is 0 Å². The summed E-state index contributed by atoms with van der Waals surface area (Å²) in [5.41, 5.74) is 12.1. The zero-order valence-corrected chi connectivity index (χ0v) is 20.8. The number of nitrogens with one attached hydrogen (secondary N) is 1. The molecule has 0 fully saturated rings. The van der Waals surface area contributed by atoms with Gasteiger partial charge >= 0.3 is 0 Å². The average molecular weight is 434 g/mol. The molecule has 0 saturated carbocycles. The van der Waals surface area contributed by atoms with E-state index in [1.165, 1.54) is 39.0 Å². The smallest absolute Gasteiger partial charge is 0.0387 e. The van der Waals surface area contributed by atoms with Gasteiger partial charge in [0, 0.05) is 16.8 Å². The lowest BCUT2D eigenvalue weighted by molar-refractivity contribution is 0.511. The van der Waals surface area contributed by atoms with Gasteiger partial charge in [0.15, 0.2) is 0 Å². The van der Waals surface area contributed by atoms with Crippen molar-refractivity contribution in [3.63, 3.8) is 0 Å². The van der Waals surface area contributed by atoms with Gasteiger partial charge in [0.2, 0.25) is 0 Å². The third-order valence-corrected chi connectivity index (χ3v) is 7.31. The van der Waals surface area contributed by atoms with Crippen molar-refractivity contribution in [2.45, 2.75) is 53.4 Å². The van der Waals surface area contributed by atoms with Crippen LogP contribution in [0.3, 0.4) is 0 Å². The summed E-state index contributed by atoms with van der Waals surface area (Å²) >= 11 is 0. The summed E-state index contributed by atoms with van der Waals surface area (Å²) in [6.07, 6.45) is 6.02. The van der Waals surface area contributed by atoms with E-state index in [2.05, 4.69) is 126 Å². The maximum atomic E-state index is 3.64. The van der Waals surface area contributed by atoms with Gasteiger partial charge in [0.25, 0.3) is 0 Å². The molecule has 3 aromatic rings. The van der Waals surface area contributed by atoms with Crippen LogP contribution in [0.5, 0.6) is 0 Å². The molecule has 2 aliphatic rings. The van der Waals surface area contributed by atoms with Crippen LogP contribution >= 0.6 is 0 Å². The Hall–Kier alpha value is -3.06. The van der Waals surface area contributed by atoms with Gasteiger partial charge in [-0.05, 0) is 81.0 Å². The SMILES string of the molecule is CC1C=C(c2ccc(Nc3ccc4c(c3)C(C)(C)c3ccccc3-4)cc2)C(C(C)(C)C)=CC1. The van der Waals surface area contributed by atoms with E-state index in [1.54, 1.807) is 0 Å². The highest BCUT2D eigenvalue weighted by Gasteiger charge is 2.35. The van der Waals surface area contributed by atoms with Crippen molar-refractivity contribution in [1.82, 2.24) is 0 Å². The van der Waals surface area contributed by atoms with Crippen LogP contribution in [0.15, 0.2) is 84.5 Å². The van der Waals surface area contributed by atoms with Gasteiger partial charge in [-0.1, -0.05) is 96.2 Å². The highest BCUT2D eigenvalue weighted by atomic mass is 14.9. The van der Waals surface area contributed by atoms with E-state index in [9.17, 15) is 0 Å². The number of hydrogen-bond donors (Lipinski definition) is 1. The second-order valence-electron chi connectivity index (χ2n) is 11.3. The maximum Gasteiger partial charge on any atom is 0.0387 e. The molecule has 5 rings (SSSR count). The number of benzene rings is 3. The molecule has 1 nitrogen and oxygen atoms in total. The molecule has 0 saturated heterocycles. The molecule has 0 radical (unpaired) electrons. The lowest BCUT2D eigenvalue weighted by atomic mass is 9.75. The van der Waals surface area contributed by atoms with Crippen LogP contribution in [0.2, 0.25) is 0 Å². The Labute approximate surface area is 199 Å². The van der Waals surface area contributed by atoms with E-state index in [0.717, 1.165) is 17.8 Å². The van der Waals surface area contributed by atoms with Crippen molar-refractivity contribution in [3.05, 3.63) is 101 Å². The van der Waals surface area contributed by atoms with Crippen molar-refractivity contribution in [2.24, 2.45) is 11.3 Å². The summed E-state index contributed by atoms with van der Waals surface area (Å²) in [4.78, 5) is 0. The van der Waals surface area contributed by atoms with Crippen molar-refractivity contribution in [1.29, 1.82) is 0 Å². The zero-order chi connectivity index (χ0) is 23.4. The molecule has 1 heteroatoms. The van der Waals surface area contributed by atoms with Crippen molar-refractivity contribution in [2.75, 3.05) is 5.32 Å². The van der Waals surface area contributed by atoms with Crippen molar-refractivity contribution < 1.29 is 0 Å². The molecule has 0 bridgehead atoms. The highest BCUT2D eigenvalue weighted by molar-refractivity contribution is 5.84. The molecule has 33 heavy (non-hydrogen) atoms. The number of hydrogen-bond acceptors (Lipinski definition) is 1. The second kappa shape index (κ2) is 7.76. The van der Waals surface area contributed by atoms with Gasteiger partial charge in [-0.25, -0.2) is 0 Å². The number of allylic oxidation sites excluding steroid dienone is 4. The molecule has 1 N–H and O–H groups in total. The van der Waals surface area contributed by atoms with Crippen LogP contribution in [-0.4, -0.2) is 0 Å². The van der Waals surface area contributed by atoms with Crippen molar-refractivity contribution >= 4 is 16.9 Å².